The molecule has 0 fully saturated rings. The molecule has 0 saturated heterocycles. The molecule has 0 aliphatic rings. The zero-order valence-corrected chi connectivity index (χ0v) is 9.61. The van der Waals surface area contributed by atoms with Crippen molar-refractivity contribution in [1.82, 2.24) is 0 Å². The zero-order chi connectivity index (χ0) is 9.61. The molecule has 0 nitrogen and oxygen atoms in total. The van der Waals surface area contributed by atoms with Crippen LogP contribution in [0.25, 0.3) is 0 Å². The van der Waals surface area contributed by atoms with E-state index < -0.39 is 0 Å². The van der Waals surface area contributed by atoms with E-state index in [0.29, 0.717) is 5.41 Å². The van der Waals surface area contributed by atoms with Crippen molar-refractivity contribution in [2.45, 2.75) is 66.0 Å². The van der Waals surface area contributed by atoms with E-state index in [1.54, 1.807) is 0 Å². The second kappa shape index (κ2) is 5.67. The number of hydrogen-bond acceptors (Lipinski definition) is 0. The molecule has 0 aliphatic heterocycles. The predicted octanol–water partition coefficient (Wildman–Crippen LogP) is 3.89. The van der Waals surface area contributed by atoms with Gasteiger partial charge in [0.2, 0.25) is 0 Å². The topological polar surface area (TPSA) is 0 Å². The minimum atomic E-state index is 0.602. The summed E-state index contributed by atoms with van der Waals surface area (Å²) in [6, 6.07) is 0. The minimum Gasteiger partial charge on any atom is -0.0891 e. The van der Waals surface area contributed by atoms with Gasteiger partial charge in [0.05, 0.1) is 0 Å². The SMILES string of the molecule is CBC(CCC)C(C)(CC)CC. The summed E-state index contributed by atoms with van der Waals surface area (Å²) in [4.78, 5) is 0. The molecule has 72 valence electrons. The fourth-order valence-electron chi connectivity index (χ4n) is 2.22. The lowest BCUT2D eigenvalue weighted by Crippen LogP contribution is -2.24. The lowest BCUT2D eigenvalue weighted by Gasteiger charge is -2.35. The van der Waals surface area contributed by atoms with Crippen molar-refractivity contribution in [1.29, 1.82) is 0 Å². The van der Waals surface area contributed by atoms with Crippen LogP contribution in [0.4, 0.5) is 0 Å². The summed E-state index contributed by atoms with van der Waals surface area (Å²) in [7, 11) is 1.35. The largest absolute Gasteiger partial charge is 0.121 e. The van der Waals surface area contributed by atoms with E-state index >= 15 is 0 Å². The highest BCUT2D eigenvalue weighted by Gasteiger charge is 2.28. The summed E-state index contributed by atoms with van der Waals surface area (Å²) in [5, 5.41) is 0. The van der Waals surface area contributed by atoms with Gasteiger partial charge < -0.3 is 0 Å². The first-order valence-electron chi connectivity index (χ1n) is 5.64. The van der Waals surface area contributed by atoms with E-state index in [1.165, 1.54) is 33.0 Å². The summed E-state index contributed by atoms with van der Waals surface area (Å²) >= 11 is 0. The van der Waals surface area contributed by atoms with Crippen LogP contribution >= 0.6 is 0 Å². The summed E-state index contributed by atoms with van der Waals surface area (Å²) < 4.78 is 0. The van der Waals surface area contributed by atoms with Crippen LogP contribution in [-0.4, -0.2) is 7.28 Å². The third kappa shape index (κ3) is 2.84. The van der Waals surface area contributed by atoms with Crippen LogP contribution < -0.4 is 0 Å². The summed E-state index contributed by atoms with van der Waals surface area (Å²) in [5.74, 6) is 0.942. The Balaban J connectivity index is 4.21. The maximum absolute atomic E-state index is 2.46. The molecule has 1 unspecified atom stereocenters. The Morgan fingerprint density at radius 3 is 1.92 bits per heavy atom. The molecule has 0 aliphatic carbocycles. The second-order valence-electron chi connectivity index (χ2n) is 4.25. The van der Waals surface area contributed by atoms with Gasteiger partial charge in [-0.2, -0.15) is 0 Å². The molecule has 0 aromatic rings. The molecule has 0 N–H and O–H groups in total. The second-order valence-corrected chi connectivity index (χ2v) is 4.25. The molecule has 0 radical (unpaired) electrons. The fraction of sp³-hybridized carbons (Fsp3) is 1.00. The van der Waals surface area contributed by atoms with E-state index in [0.717, 1.165) is 5.82 Å². The molecular weight excluding hydrogens is 143 g/mol. The molecule has 12 heavy (non-hydrogen) atoms. The minimum absolute atomic E-state index is 0.602. The van der Waals surface area contributed by atoms with Gasteiger partial charge in [-0.3, -0.25) is 0 Å². The molecule has 1 heteroatoms. The molecule has 0 saturated carbocycles. The Labute approximate surface area is 79.4 Å². The number of hydrogen-bond donors (Lipinski definition) is 0. The van der Waals surface area contributed by atoms with Crippen molar-refractivity contribution in [2.75, 3.05) is 0 Å². The third-order valence-corrected chi connectivity index (χ3v) is 3.73. The summed E-state index contributed by atoms with van der Waals surface area (Å²) in [5.41, 5.74) is 0.602. The monoisotopic (exact) mass is 168 g/mol. The molecule has 0 spiro atoms. The van der Waals surface area contributed by atoms with Gasteiger partial charge in [0, 0.05) is 0 Å². The Hall–Kier alpha value is 0.0649. The molecule has 0 aromatic heterocycles. The van der Waals surface area contributed by atoms with Crippen molar-refractivity contribution in [2.24, 2.45) is 5.41 Å². The van der Waals surface area contributed by atoms with Gasteiger partial charge in [0.1, 0.15) is 7.28 Å². The highest BCUT2D eigenvalue weighted by atomic mass is 14.3. The molecular formula is C11H25B. The van der Waals surface area contributed by atoms with Crippen LogP contribution in [0.15, 0.2) is 0 Å². The number of rotatable bonds is 6. The van der Waals surface area contributed by atoms with Gasteiger partial charge in [-0.25, -0.2) is 0 Å². The molecule has 0 aromatic carbocycles. The Bertz CT molecular complexity index is 106. The van der Waals surface area contributed by atoms with Crippen molar-refractivity contribution in [3.8, 4) is 0 Å². The molecule has 0 amide bonds. The van der Waals surface area contributed by atoms with E-state index in [9.17, 15) is 0 Å². The first-order chi connectivity index (χ1) is 5.64. The van der Waals surface area contributed by atoms with E-state index in [1.807, 2.05) is 0 Å². The average Bonchev–Trinajstić information content (AvgIpc) is 2.13. The van der Waals surface area contributed by atoms with Crippen molar-refractivity contribution in [3.05, 3.63) is 0 Å². The quantitative estimate of drug-likeness (QED) is 0.528. The molecule has 0 bridgehead atoms. The molecule has 1 atom stereocenters. The van der Waals surface area contributed by atoms with E-state index in [4.69, 9.17) is 0 Å². The Kier molecular flexibility index (Phi) is 5.70. The molecule has 0 rings (SSSR count). The highest BCUT2D eigenvalue weighted by molar-refractivity contribution is 6.36. The normalized spacial score (nSPS) is 14.4. The molecule has 0 heterocycles. The first kappa shape index (κ1) is 12.1. The standard InChI is InChI=1S/C11H25B/c1-6-9-10(12-5)11(4,7-2)8-3/h10,12H,6-9H2,1-5H3. The van der Waals surface area contributed by atoms with Gasteiger partial charge in [-0.15, -0.1) is 0 Å². The maximum atomic E-state index is 2.46. The smallest absolute Gasteiger partial charge is 0.0891 e. The van der Waals surface area contributed by atoms with Crippen molar-refractivity contribution >= 4 is 7.28 Å². The predicted molar refractivity (Wildman–Crippen MR) is 60.4 cm³/mol. The van der Waals surface area contributed by atoms with E-state index in [2.05, 4.69) is 34.5 Å². The average molecular weight is 168 g/mol. The summed E-state index contributed by atoms with van der Waals surface area (Å²) in [6.45, 7) is 11.8. The van der Waals surface area contributed by atoms with Gasteiger partial charge in [0.15, 0.2) is 0 Å². The van der Waals surface area contributed by atoms with Crippen molar-refractivity contribution < 1.29 is 0 Å². The van der Waals surface area contributed by atoms with Gasteiger partial charge in [-0.1, -0.05) is 66.0 Å². The van der Waals surface area contributed by atoms with Crippen LogP contribution in [0.2, 0.25) is 12.6 Å². The third-order valence-electron chi connectivity index (χ3n) is 3.73. The maximum Gasteiger partial charge on any atom is 0.121 e. The zero-order valence-electron chi connectivity index (χ0n) is 9.61. The Morgan fingerprint density at radius 2 is 1.67 bits per heavy atom. The van der Waals surface area contributed by atoms with Crippen LogP contribution in [0.1, 0.15) is 53.4 Å². The van der Waals surface area contributed by atoms with Gasteiger partial charge in [-0.05, 0) is 5.41 Å². The van der Waals surface area contributed by atoms with Crippen LogP contribution in [0.5, 0.6) is 0 Å². The Morgan fingerprint density at radius 1 is 1.17 bits per heavy atom. The summed E-state index contributed by atoms with van der Waals surface area (Å²) in [6.07, 6.45) is 5.42. The van der Waals surface area contributed by atoms with Crippen LogP contribution in [-0.2, 0) is 0 Å². The highest BCUT2D eigenvalue weighted by Crippen LogP contribution is 2.41. The lowest BCUT2D eigenvalue weighted by molar-refractivity contribution is 0.264. The van der Waals surface area contributed by atoms with Crippen LogP contribution in [0, 0.1) is 5.41 Å². The van der Waals surface area contributed by atoms with Crippen molar-refractivity contribution in [3.63, 3.8) is 0 Å². The van der Waals surface area contributed by atoms with Gasteiger partial charge in [0.25, 0.3) is 0 Å². The van der Waals surface area contributed by atoms with Crippen LogP contribution in [0.3, 0.4) is 0 Å². The fourth-order valence-corrected chi connectivity index (χ4v) is 2.22. The van der Waals surface area contributed by atoms with Gasteiger partial charge >= 0.3 is 0 Å². The lowest BCUT2D eigenvalue weighted by atomic mass is 9.52. The first-order valence-corrected chi connectivity index (χ1v) is 5.64. The van der Waals surface area contributed by atoms with E-state index in [-0.39, 0.29) is 0 Å².